The molecular weight excluding hydrogens is 251 g/mol. The number of amides is 1. The van der Waals surface area contributed by atoms with Gasteiger partial charge in [-0.1, -0.05) is 12.1 Å². The van der Waals surface area contributed by atoms with Crippen LogP contribution >= 0.6 is 0 Å². The normalized spacial score (nSPS) is 11.1. The van der Waals surface area contributed by atoms with E-state index in [9.17, 15) is 22.8 Å². The fourth-order valence-corrected chi connectivity index (χ4v) is 1.43. The van der Waals surface area contributed by atoms with Gasteiger partial charge in [0.2, 0.25) is 5.91 Å². The SMILES string of the molecule is Cc1cccc(NC(=O)CC(F)(F)F)c1C(=O)O. The number of hydrogen-bond donors (Lipinski definition) is 2. The predicted octanol–water partition coefficient (Wildman–Crippen LogP) is 2.58. The molecule has 0 aliphatic heterocycles. The molecule has 0 heterocycles. The highest BCUT2D eigenvalue weighted by atomic mass is 19.4. The number of rotatable bonds is 3. The highest BCUT2D eigenvalue weighted by molar-refractivity contribution is 6.01. The number of nitrogens with one attached hydrogen (secondary N) is 1. The van der Waals surface area contributed by atoms with Crippen LogP contribution in [0.1, 0.15) is 22.3 Å². The minimum absolute atomic E-state index is 0.142. The number of hydrogen-bond acceptors (Lipinski definition) is 2. The quantitative estimate of drug-likeness (QED) is 0.878. The van der Waals surface area contributed by atoms with Crippen LogP contribution in [0.15, 0.2) is 18.2 Å². The summed E-state index contributed by atoms with van der Waals surface area (Å²) in [5, 5.41) is 10.9. The number of carboxylic acid groups (broad SMARTS) is 1. The van der Waals surface area contributed by atoms with Crippen molar-refractivity contribution in [3.05, 3.63) is 29.3 Å². The van der Waals surface area contributed by atoms with Crippen LogP contribution in [0.4, 0.5) is 18.9 Å². The number of anilines is 1. The van der Waals surface area contributed by atoms with E-state index in [-0.39, 0.29) is 11.3 Å². The summed E-state index contributed by atoms with van der Waals surface area (Å²) in [5.74, 6) is -2.61. The first-order valence-electron chi connectivity index (χ1n) is 4.90. The molecular formula is C11H10F3NO3. The van der Waals surface area contributed by atoms with Crippen LogP contribution in [0, 0.1) is 6.92 Å². The van der Waals surface area contributed by atoms with Crippen LogP contribution in [0.5, 0.6) is 0 Å². The summed E-state index contributed by atoms with van der Waals surface area (Å²) >= 11 is 0. The van der Waals surface area contributed by atoms with E-state index in [0.717, 1.165) is 0 Å². The minimum Gasteiger partial charge on any atom is -0.478 e. The smallest absolute Gasteiger partial charge is 0.397 e. The van der Waals surface area contributed by atoms with Gasteiger partial charge in [0.05, 0.1) is 11.3 Å². The van der Waals surface area contributed by atoms with Crippen molar-refractivity contribution in [3.63, 3.8) is 0 Å². The lowest BCUT2D eigenvalue weighted by atomic mass is 10.1. The maximum Gasteiger partial charge on any atom is 0.397 e. The molecule has 4 nitrogen and oxygen atoms in total. The van der Waals surface area contributed by atoms with Gasteiger partial charge in [-0.3, -0.25) is 4.79 Å². The van der Waals surface area contributed by atoms with Gasteiger partial charge >= 0.3 is 12.1 Å². The molecule has 0 saturated carbocycles. The molecule has 7 heteroatoms. The van der Waals surface area contributed by atoms with Gasteiger partial charge in [-0.2, -0.15) is 13.2 Å². The summed E-state index contributed by atoms with van der Waals surface area (Å²) in [5.41, 5.74) is -0.00270. The second kappa shape index (κ2) is 5.07. The minimum atomic E-state index is -4.63. The van der Waals surface area contributed by atoms with Gasteiger partial charge in [-0.15, -0.1) is 0 Å². The number of carbonyl (C=O) groups excluding carboxylic acids is 1. The number of alkyl halides is 3. The van der Waals surface area contributed by atoms with E-state index < -0.39 is 24.5 Å². The first-order valence-corrected chi connectivity index (χ1v) is 4.90. The Hall–Kier alpha value is -2.05. The number of aryl methyl sites for hydroxylation is 1. The van der Waals surface area contributed by atoms with Gasteiger partial charge in [0.25, 0.3) is 0 Å². The van der Waals surface area contributed by atoms with Crippen LogP contribution in [0.25, 0.3) is 0 Å². The third kappa shape index (κ3) is 3.76. The lowest BCUT2D eigenvalue weighted by Gasteiger charge is -2.11. The van der Waals surface area contributed by atoms with Crippen molar-refractivity contribution in [2.24, 2.45) is 0 Å². The van der Waals surface area contributed by atoms with Crippen molar-refractivity contribution in [2.45, 2.75) is 19.5 Å². The molecule has 18 heavy (non-hydrogen) atoms. The monoisotopic (exact) mass is 261 g/mol. The van der Waals surface area contributed by atoms with E-state index in [0.29, 0.717) is 5.56 Å². The molecule has 0 aliphatic rings. The highest BCUT2D eigenvalue weighted by Gasteiger charge is 2.31. The molecule has 1 rings (SSSR count). The van der Waals surface area contributed by atoms with Crippen molar-refractivity contribution in [1.82, 2.24) is 0 Å². The second-order valence-corrected chi connectivity index (χ2v) is 3.64. The predicted molar refractivity (Wildman–Crippen MR) is 57.4 cm³/mol. The first-order chi connectivity index (χ1) is 8.20. The molecule has 0 aromatic heterocycles. The van der Waals surface area contributed by atoms with Gasteiger partial charge in [-0.05, 0) is 18.6 Å². The Labute approximate surface area is 100 Å². The average Bonchev–Trinajstić information content (AvgIpc) is 2.13. The zero-order chi connectivity index (χ0) is 13.9. The van der Waals surface area contributed by atoms with Crippen molar-refractivity contribution >= 4 is 17.6 Å². The number of benzene rings is 1. The second-order valence-electron chi connectivity index (χ2n) is 3.64. The molecule has 0 aliphatic carbocycles. The Kier molecular flexibility index (Phi) is 3.95. The number of halogens is 3. The number of aromatic carboxylic acids is 1. The van der Waals surface area contributed by atoms with E-state index >= 15 is 0 Å². The molecule has 98 valence electrons. The summed E-state index contributed by atoms with van der Waals surface area (Å²) in [6, 6.07) is 4.18. The molecule has 1 aromatic carbocycles. The lowest BCUT2D eigenvalue weighted by molar-refractivity contribution is -0.150. The topological polar surface area (TPSA) is 66.4 Å². The van der Waals surface area contributed by atoms with Crippen molar-refractivity contribution in [2.75, 3.05) is 5.32 Å². The van der Waals surface area contributed by atoms with E-state index in [1.165, 1.54) is 25.1 Å². The van der Waals surface area contributed by atoms with Gasteiger partial charge in [0, 0.05) is 0 Å². The Balaban J connectivity index is 2.95. The van der Waals surface area contributed by atoms with Crippen molar-refractivity contribution in [1.29, 1.82) is 0 Å². The molecule has 0 spiro atoms. The number of carbonyl (C=O) groups is 2. The van der Waals surface area contributed by atoms with E-state index in [4.69, 9.17) is 5.11 Å². The van der Waals surface area contributed by atoms with Crippen LogP contribution in [0.2, 0.25) is 0 Å². The summed E-state index contributed by atoms with van der Waals surface area (Å²) in [6.07, 6.45) is -6.28. The fourth-order valence-electron chi connectivity index (χ4n) is 1.43. The molecule has 0 unspecified atom stereocenters. The summed E-state index contributed by atoms with van der Waals surface area (Å²) in [4.78, 5) is 22.0. The largest absolute Gasteiger partial charge is 0.478 e. The van der Waals surface area contributed by atoms with Crippen LogP contribution in [-0.4, -0.2) is 23.2 Å². The first kappa shape index (κ1) is 14.0. The van der Waals surface area contributed by atoms with Crippen molar-refractivity contribution in [3.8, 4) is 0 Å². The standard InChI is InChI=1S/C11H10F3NO3/c1-6-3-2-4-7(9(6)10(17)18)15-8(16)5-11(12,13)14/h2-4H,5H2,1H3,(H,15,16)(H,17,18). The third-order valence-electron chi connectivity index (χ3n) is 2.12. The van der Waals surface area contributed by atoms with Gasteiger partial charge in [0.1, 0.15) is 6.42 Å². The van der Waals surface area contributed by atoms with E-state index in [1.807, 2.05) is 5.32 Å². The molecule has 2 N–H and O–H groups in total. The maximum atomic E-state index is 12.0. The molecule has 0 fully saturated rings. The fraction of sp³-hybridized carbons (Fsp3) is 0.273. The molecule has 1 aromatic rings. The van der Waals surface area contributed by atoms with E-state index in [2.05, 4.69) is 0 Å². The zero-order valence-electron chi connectivity index (χ0n) is 9.34. The summed E-state index contributed by atoms with van der Waals surface area (Å²) in [6.45, 7) is 1.49. The van der Waals surface area contributed by atoms with Gasteiger partial charge < -0.3 is 10.4 Å². The van der Waals surface area contributed by atoms with Gasteiger partial charge in [0.15, 0.2) is 0 Å². The lowest BCUT2D eigenvalue weighted by Crippen LogP contribution is -2.22. The van der Waals surface area contributed by atoms with Gasteiger partial charge in [-0.25, -0.2) is 4.79 Å². The molecule has 0 bridgehead atoms. The van der Waals surface area contributed by atoms with E-state index in [1.54, 1.807) is 0 Å². The van der Waals surface area contributed by atoms with Crippen LogP contribution in [-0.2, 0) is 4.79 Å². The maximum absolute atomic E-state index is 12.0. The number of carboxylic acids is 1. The highest BCUT2D eigenvalue weighted by Crippen LogP contribution is 2.23. The Morgan fingerprint density at radius 1 is 1.33 bits per heavy atom. The Morgan fingerprint density at radius 3 is 2.44 bits per heavy atom. The molecule has 0 saturated heterocycles. The molecule has 0 atom stereocenters. The Morgan fingerprint density at radius 2 is 1.94 bits per heavy atom. The van der Waals surface area contributed by atoms with Crippen LogP contribution in [0.3, 0.4) is 0 Å². The van der Waals surface area contributed by atoms with Crippen LogP contribution < -0.4 is 5.32 Å². The molecule has 0 radical (unpaired) electrons. The molecule has 1 amide bonds. The van der Waals surface area contributed by atoms with Crippen molar-refractivity contribution < 1.29 is 27.9 Å². The third-order valence-corrected chi connectivity index (χ3v) is 2.12. The summed E-state index contributed by atoms with van der Waals surface area (Å²) in [7, 11) is 0. The summed E-state index contributed by atoms with van der Waals surface area (Å²) < 4.78 is 35.9. The zero-order valence-corrected chi connectivity index (χ0v) is 9.34. The Bertz CT molecular complexity index is 483. The average molecular weight is 261 g/mol.